The van der Waals surface area contributed by atoms with Crippen LogP contribution >= 0.6 is 0 Å². The van der Waals surface area contributed by atoms with Crippen LogP contribution in [0.4, 0.5) is 0 Å². The molecular formula is C28H76O14Si5. The molecule has 19 heteroatoms. The Morgan fingerprint density at radius 2 is 0.617 bits per heavy atom. The second-order valence-corrected chi connectivity index (χ2v) is 25.4. The zero-order valence-electron chi connectivity index (χ0n) is 33.9. The van der Waals surface area contributed by atoms with E-state index in [9.17, 15) is 0 Å². The van der Waals surface area contributed by atoms with Gasteiger partial charge < -0.3 is 62.0 Å². The fourth-order valence-electron chi connectivity index (χ4n) is 3.15. The molecule has 0 spiro atoms. The molecule has 0 N–H and O–H groups in total. The van der Waals surface area contributed by atoms with Crippen molar-refractivity contribution in [1.29, 1.82) is 0 Å². The molecule has 0 aromatic heterocycles. The Kier molecular flexibility index (Phi) is 42.3. The third-order valence-electron chi connectivity index (χ3n) is 6.51. The minimum absolute atomic E-state index is 0.667. The van der Waals surface area contributed by atoms with Crippen LogP contribution in [0, 0.1) is 0 Å². The van der Waals surface area contributed by atoms with Crippen molar-refractivity contribution in [3.8, 4) is 0 Å². The second kappa shape index (κ2) is 35.0. The highest BCUT2D eigenvalue weighted by Gasteiger charge is 2.40. The van der Waals surface area contributed by atoms with Crippen LogP contribution in [0.1, 0.15) is 55.4 Å². The van der Waals surface area contributed by atoms with Gasteiger partial charge in [-0.05, 0) is 59.8 Å². The van der Waals surface area contributed by atoms with Crippen LogP contribution in [-0.2, 0) is 62.0 Å². The van der Waals surface area contributed by atoms with Crippen molar-refractivity contribution in [1.82, 2.24) is 0 Å². The van der Waals surface area contributed by atoms with E-state index in [1.165, 1.54) is 28.4 Å². The van der Waals surface area contributed by atoms with Crippen LogP contribution in [0.3, 0.4) is 0 Å². The molecule has 0 aromatic rings. The van der Waals surface area contributed by atoms with Crippen LogP contribution in [0.15, 0.2) is 0 Å². The Morgan fingerprint density at radius 1 is 0.340 bits per heavy atom. The van der Waals surface area contributed by atoms with Crippen molar-refractivity contribution in [2.24, 2.45) is 0 Å². The molecule has 0 saturated carbocycles. The van der Waals surface area contributed by atoms with Gasteiger partial charge in [0.2, 0.25) is 0 Å². The Bertz CT molecular complexity index is 574. The molecule has 0 radical (unpaired) electrons. The van der Waals surface area contributed by atoms with Gasteiger partial charge in [-0.15, -0.1) is 0 Å². The summed E-state index contributed by atoms with van der Waals surface area (Å²) in [5.41, 5.74) is 0. The molecule has 0 aromatic carbocycles. The molecule has 292 valence electrons. The average Bonchev–Trinajstić information content (AvgIpc) is 3.10. The van der Waals surface area contributed by atoms with Crippen LogP contribution < -0.4 is 0 Å². The Balaban J connectivity index is -0.000000158. The minimum Gasteiger partial charge on any atom is -0.398 e. The summed E-state index contributed by atoms with van der Waals surface area (Å²) in [5, 5.41) is 0. The van der Waals surface area contributed by atoms with Crippen molar-refractivity contribution < 1.29 is 62.0 Å². The van der Waals surface area contributed by atoms with Crippen molar-refractivity contribution in [3.63, 3.8) is 0 Å². The van der Waals surface area contributed by atoms with Crippen LogP contribution in [0.2, 0.25) is 37.8 Å². The maximum Gasteiger partial charge on any atom is 0.678 e. The highest BCUT2D eigenvalue weighted by molar-refractivity contribution is 6.67. The van der Waals surface area contributed by atoms with E-state index in [0.717, 1.165) is 31.3 Å². The molecule has 0 bridgehead atoms. The smallest absolute Gasteiger partial charge is 0.398 e. The van der Waals surface area contributed by atoms with Crippen molar-refractivity contribution in [3.05, 3.63) is 0 Å². The molecular weight excluding hydrogens is 701 g/mol. The van der Waals surface area contributed by atoms with Gasteiger partial charge in [0.1, 0.15) is 0 Å². The predicted octanol–water partition coefficient (Wildman–Crippen LogP) is 6.08. The third kappa shape index (κ3) is 28.9. The quantitative estimate of drug-likeness (QED) is 0.118. The summed E-state index contributed by atoms with van der Waals surface area (Å²) in [5.74, 6) is 0. The van der Waals surface area contributed by atoms with Gasteiger partial charge >= 0.3 is 43.8 Å². The molecule has 0 aliphatic rings. The third-order valence-corrected chi connectivity index (χ3v) is 19.5. The summed E-state index contributed by atoms with van der Waals surface area (Å²) in [6, 6.07) is 2.97. The second-order valence-electron chi connectivity index (χ2n) is 9.42. The van der Waals surface area contributed by atoms with Gasteiger partial charge in [-0.3, -0.25) is 0 Å². The van der Waals surface area contributed by atoms with Crippen molar-refractivity contribution in [2.45, 2.75) is 93.2 Å². The monoisotopic (exact) mass is 776 g/mol. The molecule has 0 amide bonds. The Morgan fingerprint density at radius 3 is 0.702 bits per heavy atom. The molecule has 0 heterocycles. The molecule has 0 rings (SSSR count). The van der Waals surface area contributed by atoms with E-state index >= 15 is 0 Å². The standard InChI is InChI=1S/C8H20O3Si.C8H20O2Si.C4H12O4Si.C4H12O3Si.C4H12O2Si/c1-5-9-12(8-4,10-6-2)11-7-3;1-5-9-11(7-3,8-4)10-6-2;1-5-9(6-2,7-3)8-4;1-5-8(4,6-2)7-3;1-5-7(3,4)6-2/h5-8H2,1-4H3;5-8H2,1-4H3;1-4H3;1-4H3;1-4H3. The number of hydrogen-bond acceptors (Lipinski definition) is 14. The summed E-state index contributed by atoms with van der Waals surface area (Å²) < 4.78 is 72.3. The first-order chi connectivity index (χ1) is 22.0. The van der Waals surface area contributed by atoms with Gasteiger partial charge in [-0.2, -0.15) is 0 Å². The molecule has 0 aliphatic carbocycles. The lowest BCUT2D eigenvalue weighted by Crippen LogP contribution is -2.45. The van der Waals surface area contributed by atoms with Crippen molar-refractivity contribution in [2.75, 3.05) is 97.0 Å². The lowest BCUT2D eigenvalue weighted by atomic mass is 10.9. The van der Waals surface area contributed by atoms with E-state index in [1.807, 2.05) is 61.2 Å². The van der Waals surface area contributed by atoms with Gasteiger partial charge in [0, 0.05) is 110 Å². The largest absolute Gasteiger partial charge is 0.678 e. The minimum atomic E-state index is -2.69. The van der Waals surface area contributed by atoms with Crippen LogP contribution in [-0.4, -0.2) is 141 Å². The van der Waals surface area contributed by atoms with E-state index in [4.69, 9.17) is 62.0 Å². The first kappa shape index (κ1) is 56.9. The lowest BCUT2D eigenvalue weighted by molar-refractivity contribution is 0.0225. The molecule has 0 saturated heterocycles. The SMILES string of the molecule is CCO[Si](CC)(CC)OCC.CCO[Si](CC)(OCC)OCC.CO[Si](C)(C)OC.CO[Si](C)(OC)OC.CO[Si](OC)(OC)OC. The highest BCUT2D eigenvalue weighted by atomic mass is 28.4. The fraction of sp³-hybridized carbons (Fsp3) is 1.00. The lowest BCUT2D eigenvalue weighted by Gasteiger charge is -2.27. The summed E-state index contributed by atoms with van der Waals surface area (Å²) in [7, 11) is 3.53. The number of rotatable bonds is 22. The maximum absolute atomic E-state index is 5.68. The molecule has 0 fully saturated rings. The maximum atomic E-state index is 5.68. The van der Waals surface area contributed by atoms with Crippen molar-refractivity contribution >= 4 is 43.8 Å². The summed E-state index contributed by atoms with van der Waals surface area (Å²) in [6.45, 7) is 25.7. The zero-order valence-corrected chi connectivity index (χ0v) is 38.9. The first-order valence-corrected chi connectivity index (χ1v) is 27.0. The Hall–Kier alpha value is 0.524. The molecule has 47 heavy (non-hydrogen) atoms. The number of hydrogen-bond donors (Lipinski definition) is 0. The Labute approximate surface area is 295 Å². The summed E-state index contributed by atoms with van der Waals surface area (Å²) in [4.78, 5) is 0. The zero-order chi connectivity index (χ0) is 38.1. The average molecular weight is 777 g/mol. The summed E-state index contributed by atoms with van der Waals surface area (Å²) >= 11 is 0. The van der Waals surface area contributed by atoms with E-state index in [2.05, 4.69) is 13.8 Å². The molecule has 0 aliphatic heterocycles. The first-order valence-electron chi connectivity index (χ1n) is 16.2. The van der Waals surface area contributed by atoms with E-state index < -0.39 is 43.8 Å². The van der Waals surface area contributed by atoms with E-state index in [-0.39, 0.29) is 0 Å². The van der Waals surface area contributed by atoms with E-state index in [1.54, 1.807) is 35.5 Å². The predicted molar refractivity (Wildman–Crippen MR) is 199 cm³/mol. The normalized spacial score (nSPS) is 12.0. The highest BCUT2D eigenvalue weighted by Crippen LogP contribution is 2.18. The van der Waals surface area contributed by atoms with Gasteiger partial charge in [-0.1, -0.05) is 20.8 Å². The van der Waals surface area contributed by atoms with E-state index in [0.29, 0.717) is 19.8 Å². The molecule has 0 unspecified atom stereocenters. The molecule has 14 nitrogen and oxygen atoms in total. The van der Waals surface area contributed by atoms with Gasteiger partial charge in [0.25, 0.3) is 0 Å². The van der Waals surface area contributed by atoms with Crippen LogP contribution in [0.5, 0.6) is 0 Å². The van der Waals surface area contributed by atoms with Gasteiger partial charge in [0.15, 0.2) is 0 Å². The van der Waals surface area contributed by atoms with Crippen LogP contribution in [0.25, 0.3) is 0 Å². The topological polar surface area (TPSA) is 129 Å². The van der Waals surface area contributed by atoms with Gasteiger partial charge in [0.05, 0.1) is 0 Å². The summed E-state index contributed by atoms with van der Waals surface area (Å²) in [6.07, 6.45) is 0. The van der Waals surface area contributed by atoms with Gasteiger partial charge in [-0.25, -0.2) is 0 Å². The fourth-order valence-corrected chi connectivity index (χ4v) is 9.45. The molecule has 0 atom stereocenters.